The summed E-state index contributed by atoms with van der Waals surface area (Å²) in [6, 6.07) is 2.06. The van der Waals surface area contributed by atoms with Crippen molar-refractivity contribution in [2.75, 3.05) is 6.61 Å². The zero-order valence-corrected chi connectivity index (χ0v) is 10.1. The molecule has 0 fully saturated rings. The van der Waals surface area contributed by atoms with E-state index in [1.165, 1.54) is 12.6 Å². The van der Waals surface area contributed by atoms with Gasteiger partial charge in [0.2, 0.25) is 0 Å². The largest absolute Gasteiger partial charge is 0.483 e. The van der Waals surface area contributed by atoms with Crippen molar-refractivity contribution in [1.82, 2.24) is 9.78 Å². The minimum absolute atomic E-state index is 0.214. The van der Waals surface area contributed by atoms with Crippen LogP contribution in [-0.2, 0) is 10.3 Å². The summed E-state index contributed by atoms with van der Waals surface area (Å²) in [4.78, 5) is 4.12. The van der Waals surface area contributed by atoms with Crippen LogP contribution in [0.5, 0.6) is 0 Å². The van der Waals surface area contributed by atoms with Gasteiger partial charge in [-0.25, -0.2) is 4.68 Å². The Labute approximate surface area is 95.4 Å². The van der Waals surface area contributed by atoms with Gasteiger partial charge in [0.15, 0.2) is 12.2 Å². The Hall–Kier alpha value is -1.83. The van der Waals surface area contributed by atoms with E-state index in [2.05, 4.69) is 16.2 Å². The molecule has 86 valence electrons. The zero-order chi connectivity index (χ0) is 12.2. The van der Waals surface area contributed by atoms with Crippen molar-refractivity contribution in [1.29, 1.82) is 5.26 Å². The molecule has 0 saturated heterocycles. The summed E-state index contributed by atoms with van der Waals surface area (Å²) in [6.07, 6.45) is 2.87. The van der Waals surface area contributed by atoms with Crippen molar-refractivity contribution in [3.05, 3.63) is 11.8 Å². The molecule has 16 heavy (non-hydrogen) atoms. The predicted octanol–water partition coefficient (Wildman–Crippen LogP) is 2.21. The number of nitrogens with zero attached hydrogens (tertiary/aromatic N) is 4. The third kappa shape index (κ3) is 2.60. The van der Waals surface area contributed by atoms with E-state index in [1.807, 2.05) is 27.7 Å². The Bertz CT molecular complexity index is 420. The highest BCUT2D eigenvalue weighted by Gasteiger charge is 2.20. The third-order valence-electron chi connectivity index (χ3n) is 1.92. The third-order valence-corrected chi connectivity index (χ3v) is 1.92. The maximum atomic E-state index is 8.94. The number of rotatable bonds is 3. The van der Waals surface area contributed by atoms with Crippen molar-refractivity contribution in [2.45, 2.75) is 33.2 Å². The van der Waals surface area contributed by atoms with Gasteiger partial charge in [-0.1, -0.05) is 0 Å². The summed E-state index contributed by atoms with van der Waals surface area (Å²) in [5.74, 6) is 0.531. The van der Waals surface area contributed by atoms with Crippen LogP contribution in [0.4, 0.5) is 5.82 Å². The maximum Gasteiger partial charge on any atom is 0.176 e. The molecule has 0 radical (unpaired) electrons. The van der Waals surface area contributed by atoms with Gasteiger partial charge >= 0.3 is 0 Å². The second-order valence-electron chi connectivity index (χ2n) is 4.27. The van der Waals surface area contributed by atoms with Crippen LogP contribution in [0.15, 0.2) is 11.2 Å². The molecule has 0 aliphatic heterocycles. The van der Waals surface area contributed by atoms with E-state index >= 15 is 0 Å². The van der Waals surface area contributed by atoms with Gasteiger partial charge in [-0.05, 0) is 27.7 Å². The second kappa shape index (κ2) is 4.79. The highest BCUT2D eigenvalue weighted by molar-refractivity contribution is 5.58. The molecule has 0 N–H and O–H groups in total. The maximum absolute atomic E-state index is 8.94. The molecular weight excluding hydrogens is 204 g/mol. The molecule has 0 aliphatic rings. The molecule has 0 unspecified atom stereocenters. The first kappa shape index (κ1) is 12.2. The van der Waals surface area contributed by atoms with E-state index < -0.39 is 0 Å². The van der Waals surface area contributed by atoms with Gasteiger partial charge in [0.25, 0.3) is 0 Å². The summed E-state index contributed by atoms with van der Waals surface area (Å²) in [7, 11) is 0. The number of hydrogen-bond donors (Lipinski definition) is 0. The van der Waals surface area contributed by atoms with Gasteiger partial charge in [0, 0.05) is 0 Å². The smallest absolute Gasteiger partial charge is 0.176 e. The Balaban J connectivity index is 3.13. The monoisotopic (exact) mass is 220 g/mol. The van der Waals surface area contributed by atoms with Gasteiger partial charge in [-0.2, -0.15) is 15.4 Å². The molecule has 0 amide bonds. The first-order chi connectivity index (χ1) is 7.50. The molecule has 0 bridgehead atoms. The number of nitriles is 1. The van der Waals surface area contributed by atoms with Crippen LogP contribution in [0.2, 0.25) is 0 Å². The molecule has 1 heterocycles. The normalized spacial score (nSPS) is 11.7. The minimum Gasteiger partial charge on any atom is -0.483 e. The lowest BCUT2D eigenvalue weighted by atomic mass is 10.1. The van der Waals surface area contributed by atoms with E-state index in [-0.39, 0.29) is 5.54 Å². The minimum atomic E-state index is -0.214. The van der Waals surface area contributed by atoms with Crippen molar-refractivity contribution in [3.8, 4) is 6.07 Å². The summed E-state index contributed by atoms with van der Waals surface area (Å²) in [5.41, 5.74) is 0.236. The standard InChI is InChI=1S/C11H16N4O/c1-5-16-8-13-10-9(6-12)7-14-15(10)11(2,3)4/h7-8H,5H2,1-4H3/b13-8+. The lowest BCUT2D eigenvalue weighted by Gasteiger charge is -2.20. The second-order valence-corrected chi connectivity index (χ2v) is 4.27. The molecule has 0 aliphatic carbocycles. The molecule has 0 saturated carbocycles. The van der Waals surface area contributed by atoms with Crippen LogP contribution < -0.4 is 0 Å². The SMILES string of the molecule is CCO/C=N/c1c(C#N)cnn1C(C)(C)C. The van der Waals surface area contributed by atoms with Crippen LogP contribution in [0.1, 0.15) is 33.3 Å². The van der Waals surface area contributed by atoms with Gasteiger partial charge in [0.05, 0.1) is 18.3 Å². The Morgan fingerprint density at radius 2 is 2.31 bits per heavy atom. The molecule has 1 rings (SSSR count). The number of aliphatic imine (C=N–C) groups is 1. The Morgan fingerprint density at radius 3 is 2.81 bits per heavy atom. The Kier molecular flexibility index (Phi) is 3.67. The van der Waals surface area contributed by atoms with E-state index in [9.17, 15) is 0 Å². The summed E-state index contributed by atoms with van der Waals surface area (Å²) in [5, 5.41) is 13.1. The lowest BCUT2D eigenvalue weighted by molar-refractivity contribution is 0.340. The summed E-state index contributed by atoms with van der Waals surface area (Å²) < 4.78 is 6.74. The van der Waals surface area contributed by atoms with Gasteiger partial charge in [-0.15, -0.1) is 0 Å². The van der Waals surface area contributed by atoms with Crippen molar-refractivity contribution in [2.24, 2.45) is 4.99 Å². The fourth-order valence-electron chi connectivity index (χ4n) is 1.20. The van der Waals surface area contributed by atoms with Crippen LogP contribution in [0.3, 0.4) is 0 Å². The van der Waals surface area contributed by atoms with E-state index in [0.717, 1.165) is 0 Å². The number of aromatic nitrogens is 2. The predicted molar refractivity (Wildman–Crippen MR) is 61.7 cm³/mol. The molecule has 1 aromatic heterocycles. The number of hydrogen-bond acceptors (Lipinski definition) is 4. The topological polar surface area (TPSA) is 63.2 Å². The number of ether oxygens (including phenoxy) is 1. The first-order valence-electron chi connectivity index (χ1n) is 5.13. The summed E-state index contributed by atoms with van der Waals surface area (Å²) >= 11 is 0. The highest BCUT2D eigenvalue weighted by Crippen LogP contribution is 2.25. The van der Waals surface area contributed by atoms with Crippen molar-refractivity contribution in [3.63, 3.8) is 0 Å². The van der Waals surface area contributed by atoms with Gasteiger partial charge in [-0.3, -0.25) is 0 Å². The lowest BCUT2D eigenvalue weighted by Crippen LogP contribution is -2.22. The molecular formula is C11H16N4O. The average molecular weight is 220 g/mol. The van der Waals surface area contributed by atoms with Crippen LogP contribution in [-0.4, -0.2) is 22.8 Å². The molecule has 1 aromatic rings. The van der Waals surface area contributed by atoms with Crippen LogP contribution in [0.25, 0.3) is 0 Å². The molecule has 0 aromatic carbocycles. The molecule has 5 nitrogen and oxygen atoms in total. The molecule has 0 spiro atoms. The van der Waals surface area contributed by atoms with Crippen LogP contribution in [0, 0.1) is 11.3 Å². The van der Waals surface area contributed by atoms with E-state index in [1.54, 1.807) is 4.68 Å². The molecule has 5 heteroatoms. The highest BCUT2D eigenvalue weighted by atomic mass is 16.5. The quantitative estimate of drug-likeness (QED) is 0.579. The van der Waals surface area contributed by atoms with E-state index in [4.69, 9.17) is 10.00 Å². The summed E-state index contributed by atoms with van der Waals surface area (Å²) in [6.45, 7) is 8.43. The zero-order valence-electron chi connectivity index (χ0n) is 10.1. The fourth-order valence-corrected chi connectivity index (χ4v) is 1.20. The van der Waals surface area contributed by atoms with Crippen molar-refractivity contribution < 1.29 is 4.74 Å². The van der Waals surface area contributed by atoms with Gasteiger partial charge in [0.1, 0.15) is 11.6 Å². The van der Waals surface area contributed by atoms with Gasteiger partial charge < -0.3 is 4.74 Å². The fraction of sp³-hybridized carbons (Fsp3) is 0.545. The average Bonchev–Trinajstić information content (AvgIpc) is 2.60. The molecule has 0 atom stereocenters. The van der Waals surface area contributed by atoms with Crippen molar-refractivity contribution >= 4 is 12.2 Å². The Morgan fingerprint density at radius 1 is 1.62 bits per heavy atom. The van der Waals surface area contributed by atoms with Crippen LogP contribution >= 0.6 is 0 Å². The first-order valence-corrected chi connectivity index (χ1v) is 5.13. The van der Waals surface area contributed by atoms with E-state index in [0.29, 0.717) is 18.0 Å².